The van der Waals surface area contributed by atoms with Crippen molar-refractivity contribution >= 4 is 33.8 Å². The van der Waals surface area contributed by atoms with Gasteiger partial charge in [0.2, 0.25) is 0 Å². The molecule has 0 bridgehead atoms. The lowest BCUT2D eigenvalue weighted by Crippen LogP contribution is -2.23. The van der Waals surface area contributed by atoms with Crippen LogP contribution >= 0.6 is 22.7 Å². The van der Waals surface area contributed by atoms with E-state index in [2.05, 4.69) is 16.0 Å². The molecular formula is C12H15N3O2S2. The number of hydrogen-bond donors (Lipinski definition) is 2. The predicted molar refractivity (Wildman–Crippen MR) is 77.7 cm³/mol. The van der Waals surface area contributed by atoms with Crippen molar-refractivity contribution in [1.29, 1.82) is 0 Å². The van der Waals surface area contributed by atoms with Gasteiger partial charge >= 0.3 is 5.97 Å². The lowest BCUT2D eigenvalue weighted by atomic mass is 10.2. The van der Waals surface area contributed by atoms with Gasteiger partial charge in [0.25, 0.3) is 0 Å². The molecule has 0 aliphatic carbocycles. The molecule has 0 amide bonds. The summed E-state index contributed by atoms with van der Waals surface area (Å²) in [6.45, 7) is 3.64. The van der Waals surface area contributed by atoms with Gasteiger partial charge in [0.15, 0.2) is 5.13 Å². The Labute approximate surface area is 119 Å². The van der Waals surface area contributed by atoms with Crippen molar-refractivity contribution < 1.29 is 9.90 Å². The minimum absolute atomic E-state index is 0.414. The van der Waals surface area contributed by atoms with Gasteiger partial charge in [-0.1, -0.05) is 6.07 Å². The maximum atomic E-state index is 10.8. The molecule has 0 aliphatic rings. The highest BCUT2D eigenvalue weighted by Crippen LogP contribution is 2.25. The number of aliphatic carboxylic acids is 1. The van der Waals surface area contributed by atoms with Crippen LogP contribution in [0.5, 0.6) is 0 Å². The Hall–Kier alpha value is -1.44. The molecule has 19 heavy (non-hydrogen) atoms. The molecule has 0 radical (unpaired) electrons. The van der Waals surface area contributed by atoms with Crippen molar-refractivity contribution in [3.63, 3.8) is 0 Å². The quantitative estimate of drug-likeness (QED) is 0.855. The molecule has 0 spiro atoms. The fraction of sp³-hybridized carbons (Fsp3) is 0.333. The average molecular weight is 297 g/mol. The van der Waals surface area contributed by atoms with Gasteiger partial charge in [0.05, 0.1) is 12.2 Å². The maximum Gasteiger partial charge on any atom is 0.326 e. The Bertz CT molecular complexity index is 539. The van der Waals surface area contributed by atoms with E-state index in [0.717, 1.165) is 18.2 Å². The summed E-state index contributed by atoms with van der Waals surface area (Å²) in [7, 11) is 0. The van der Waals surface area contributed by atoms with Crippen LogP contribution in [0.25, 0.3) is 0 Å². The minimum Gasteiger partial charge on any atom is -0.480 e. The topological polar surface area (TPSA) is 79.5 Å². The normalized spacial score (nSPS) is 12.3. The number of thiazole rings is 1. The maximum absolute atomic E-state index is 10.8. The van der Waals surface area contributed by atoms with E-state index in [9.17, 15) is 4.79 Å². The molecule has 2 aromatic rings. The molecule has 2 rings (SSSR count). The molecule has 1 atom stereocenters. The Balaban J connectivity index is 2.13. The highest BCUT2D eigenvalue weighted by molar-refractivity contribution is 7.13. The first-order valence-electron chi connectivity index (χ1n) is 5.83. The van der Waals surface area contributed by atoms with Gasteiger partial charge in [-0.2, -0.15) is 0 Å². The van der Waals surface area contributed by atoms with Crippen molar-refractivity contribution in [3.8, 4) is 0 Å². The summed E-state index contributed by atoms with van der Waals surface area (Å²) in [4.78, 5) is 18.5. The Morgan fingerprint density at radius 3 is 2.95 bits per heavy atom. The number of carboxylic acid groups (broad SMARTS) is 1. The van der Waals surface area contributed by atoms with Crippen molar-refractivity contribution in [1.82, 2.24) is 4.98 Å². The summed E-state index contributed by atoms with van der Waals surface area (Å²) < 4.78 is 0. The summed E-state index contributed by atoms with van der Waals surface area (Å²) in [5, 5.41) is 13.4. The highest BCUT2D eigenvalue weighted by Gasteiger charge is 2.19. The van der Waals surface area contributed by atoms with Gasteiger partial charge in [-0.3, -0.25) is 4.79 Å². The van der Waals surface area contributed by atoms with Gasteiger partial charge in [-0.15, -0.1) is 22.7 Å². The van der Waals surface area contributed by atoms with Crippen LogP contribution in [0.2, 0.25) is 0 Å². The third kappa shape index (κ3) is 3.31. The van der Waals surface area contributed by atoms with E-state index >= 15 is 0 Å². The minimum atomic E-state index is -1.06. The van der Waals surface area contributed by atoms with E-state index in [1.54, 1.807) is 16.7 Å². The largest absolute Gasteiger partial charge is 0.480 e. The second-order valence-corrected chi connectivity index (χ2v) is 5.83. The molecule has 0 saturated heterocycles. The molecule has 0 aromatic carbocycles. The smallest absolute Gasteiger partial charge is 0.326 e. The Morgan fingerprint density at radius 2 is 2.37 bits per heavy atom. The number of aromatic nitrogens is 1. The number of anilines is 1. The summed E-state index contributed by atoms with van der Waals surface area (Å²) in [6, 6.07) is 3.04. The summed E-state index contributed by atoms with van der Waals surface area (Å²) in [5.41, 5.74) is 5.97. The predicted octanol–water partition coefficient (Wildman–Crippen LogP) is 2.32. The zero-order valence-electron chi connectivity index (χ0n) is 10.4. The van der Waals surface area contributed by atoms with Crippen LogP contribution in [0.4, 0.5) is 5.13 Å². The third-order valence-electron chi connectivity index (χ3n) is 2.67. The second-order valence-electron chi connectivity index (χ2n) is 3.96. The Morgan fingerprint density at radius 1 is 1.58 bits per heavy atom. The molecule has 102 valence electrons. The number of nitrogens with two attached hydrogens (primary N) is 1. The summed E-state index contributed by atoms with van der Waals surface area (Å²) >= 11 is 3.12. The number of carbonyl (C=O) groups is 1. The highest BCUT2D eigenvalue weighted by atomic mass is 32.1. The van der Waals surface area contributed by atoms with E-state index in [1.165, 1.54) is 16.2 Å². The summed E-state index contributed by atoms with van der Waals surface area (Å²) in [5.74, 6) is -1.06. The molecule has 1 unspecified atom stereocenters. The molecule has 0 fully saturated rings. The zero-order chi connectivity index (χ0) is 13.8. The van der Waals surface area contributed by atoms with Gasteiger partial charge < -0.3 is 15.7 Å². The van der Waals surface area contributed by atoms with Crippen LogP contribution in [-0.4, -0.2) is 22.6 Å². The number of thiophene rings is 1. The second kappa shape index (κ2) is 6.14. The van der Waals surface area contributed by atoms with Gasteiger partial charge in [0, 0.05) is 16.8 Å². The van der Waals surface area contributed by atoms with Crippen molar-refractivity contribution in [2.45, 2.75) is 19.5 Å². The fourth-order valence-electron chi connectivity index (χ4n) is 1.60. The third-order valence-corrected chi connectivity index (χ3v) is 4.45. The van der Waals surface area contributed by atoms with E-state index < -0.39 is 12.0 Å². The van der Waals surface area contributed by atoms with Crippen LogP contribution in [0.1, 0.15) is 23.5 Å². The number of carboxylic acids is 1. The first-order chi connectivity index (χ1) is 9.11. The lowest BCUT2D eigenvalue weighted by molar-refractivity contribution is -0.138. The molecule has 3 N–H and O–H groups in total. The van der Waals surface area contributed by atoms with Gasteiger partial charge in [-0.05, 0) is 18.4 Å². The molecule has 0 saturated carbocycles. The number of rotatable bonds is 6. The molecule has 0 aliphatic heterocycles. The van der Waals surface area contributed by atoms with Crippen LogP contribution in [-0.2, 0) is 11.3 Å². The van der Waals surface area contributed by atoms with E-state index in [-0.39, 0.29) is 0 Å². The van der Waals surface area contributed by atoms with Crippen molar-refractivity contribution in [3.05, 3.63) is 33.5 Å². The first-order valence-corrected chi connectivity index (χ1v) is 7.59. The zero-order valence-corrected chi connectivity index (χ0v) is 12.1. The molecule has 2 heterocycles. The van der Waals surface area contributed by atoms with E-state index in [1.807, 2.05) is 18.4 Å². The standard InChI is InChI=1S/C12H15N3O2S2/c1-2-15(6-8-4-3-5-18-8)12-14-9(7-19-12)10(13)11(16)17/h3-5,7,10H,2,6,13H2,1H3,(H,16,17). The van der Waals surface area contributed by atoms with Crippen molar-refractivity contribution in [2.24, 2.45) is 5.73 Å². The van der Waals surface area contributed by atoms with Crippen LogP contribution in [0.3, 0.4) is 0 Å². The first kappa shape index (κ1) is 14.0. The van der Waals surface area contributed by atoms with Crippen LogP contribution < -0.4 is 10.6 Å². The monoisotopic (exact) mass is 297 g/mol. The van der Waals surface area contributed by atoms with Crippen molar-refractivity contribution in [2.75, 3.05) is 11.4 Å². The summed E-state index contributed by atoms with van der Waals surface area (Å²) in [6.07, 6.45) is 0. The number of hydrogen-bond acceptors (Lipinski definition) is 6. The molecule has 5 nitrogen and oxygen atoms in total. The molecular weight excluding hydrogens is 282 g/mol. The SMILES string of the molecule is CCN(Cc1cccs1)c1nc(C(N)C(=O)O)cs1. The molecule has 2 aromatic heterocycles. The molecule has 7 heteroatoms. The van der Waals surface area contributed by atoms with Gasteiger partial charge in [0.1, 0.15) is 6.04 Å². The lowest BCUT2D eigenvalue weighted by Gasteiger charge is -2.18. The number of nitrogens with zero attached hydrogens (tertiary/aromatic N) is 2. The average Bonchev–Trinajstić information content (AvgIpc) is 3.06. The van der Waals surface area contributed by atoms with Gasteiger partial charge in [-0.25, -0.2) is 4.98 Å². The fourth-order valence-corrected chi connectivity index (χ4v) is 3.24. The Kier molecular flexibility index (Phi) is 4.52. The van der Waals surface area contributed by atoms with E-state index in [4.69, 9.17) is 10.8 Å². The van der Waals surface area contributed by atoms with Crippen LogP contribution in [0, 0.1) is 0 Å². The van der Waals surface area contributed by atoms with Crippen LogP contribution in [0.15, 0.2) is 22.9 Å². The van der Waals surface area contributed by atoms with E-state index in [0.29, 0.717) is 5.69 Å².